The van der Waals surface area contributed by atoms with Crippen LogP contribution in [0.1, 0.15) is 51.9 Å². The molecule has 7 heteroatoms. The lowest BCUT2D eigenvalue weighted by atomic mass is 9.88. The molecule has 1 aliphatic carbocycles. The molecule has 1 amide bonds. The molecule has 1 heterocycles. The van der Waals surface area contributed by atoms with Crippen LogP contribution in [0.15, 0.2) is 0 Å². The molecule has 0 aromatic carbocycles. The molecular formula is C16H30N2O4S. The van der Waals surface area contributed by atoms with Gasteiger partial charge in [0, 0.05) is 13.1 Å². The third kappa shape index (κ3) is 5.43. The molecule has 0 aromatic heterocycles. The second kappa shape index (κ2) is 8.44. The maximum Gasteiger partial charge on any atom is 0.238 e. The number of nitrogens with zero attached hydrogens (tertiary/aromatic N) is 1. The van der Waals surface area contributed by atoms with Crippen LogP contribution in [0.25, 0.3) is 0 Å². The Balaban J connectivity index is 1.75. The topological polar surface area (TPSA) is 75.7 Å². The number of rotatable bonds is 6. The van der Waals surface area contributed by atoms with Crippen molar-refractivity contribution in [3.8, 4) is 0 Å². The maximum atomic E-state index is 12.3. The first-order valence-electron chi connectivity index (χ1n) is 8.75. The molecule has 23 heavy (non-hydrogen) atoms. The van der Waals surface area contributed by atoms with Crippen LogP contribution in [-0.2, 0) is 19.6 Å². The average Bonchev–Trinajstić information content (AvgIpc) is 2.52. The Kier molecular flexibility index (Phi) is 6.85. The predicted molar refractivity (Wildman–Crippen MR) is 89.6 cm³/mol. The largest absolute Gasteiger partial charge is 0.376 e. The van der Waals surface area contributed by atoms with E-state index in [9.17, 15) is 13.2 Å². The van der Waals surface area contributed by atoms with E-state index in [2.05, 4.69) is 12.2 Å². The summed E-state index contributed by atoms with van der Waals surface area (Å²) in [6.07, 6.45) is 8.57. The van der Waals surface area contributed by atoms with Crippen molar-refractivity contribution in [2.75, 3.05) is 26.0 Å². The van der Waals surface area contributed by atoms with Crippen molar-refractivity contribution in [3.05, 3.63) is 0 Å². The van der Waals surface area contributed by atoms with Crippen LogP contribution in [-0.4, -0.2) is 56.7 Å². The van der Waals surface area contributed by atoms with Gasteiger partial charge in [0.25, 0.3) is 0 Å². The number of carbonyl (C=O) groups excluding carboxylic acids is 1. The zero-order valence-corrected chi connectivity index (χ0v) is 15.1. The first-order chi connectivity index (χ1) is 10.9. The van der Waals surface area contributed by atoms with E-state index in [0.29, 0.717) is 38.1 Å². The minimum absolute atomic E-state index is 0.199. The first-order valence-corrected chi connectivity index (χ1v) is 10.6. The van der Waals surface area contributed by atoms with Crippen molar-refractivity contribution < 1.29 is 17.9 Å². The van der Waals surface area contributed by atoms with Gasteiger partial charge in [0.15, 0.2) is 0 Å². The predicted octanol–water partition coefficient (Wildman–Crippen LogP) is 1.51. The Bertz CT molecular complexity index is 494. The normalized spacial score (nSPS) is 30.1. The average molecular weight is 346 g/mol. The number of hydrogen-bond acceptors (Lipinski definition) is 4. The number of sulfonamides is 1. The number of carbonyl (C=O) groups is 1. The Labute approximate surface area is 140 Å². The Hall–Kier alpha value is -0.660. The molecule has 2 fully saturated rings. The van der Waals surface area contributed by atoms with Gasteiger partial charge in [0.05, 0.1) is 19.0 Å². The summed E-state index contributed by atoms with van der Waals surface area (Å²) in [7, 11) is -3.33. The van der Waals surface area contributed by atoms with Gasteiger partial charge in [-0.3, -0.25) is 4.79 Å². The number of hydrogen-bond donors (Lipinski definition) is 1. The van der Waals surface area contributed by atoms with Gasteiger partial charge in [-0.15, -0.1) is 0 Å². The van der Waals surface area contributed by atoms with Gasteiger partial charge in [-0.1, -0.05) is 26.2 Å². The Morgan fingerprint density at radius 2 is 1.87 bits per heavy atom. The van der Waals surface area contributed by atoms with Gasteiger partial charge in [0.2, 0.25) is 15.9 Å². The van der Waals surface area contributed by atoms with Gasteiger partial charge < -0.3 is 10.1 Å². The van der Waals surface area contributed by atoms with Gasteiger partial charge >= 0.3 is 0 Å². The fourth-order valence-electron chi connectivity index (χ4n) is 3.60. The van der Waals surface area contributed by atoms with Crippen molar-refractivity contribution in [2.45, 2.75) is 64.0 Å². The SMILES string of the molecule is C[C@@H]1CCCC[C@H]1OCCNC(=O)[C@@H]1CCCCN1S(C)(=O)=O. The highest BCUT2D eigenvalue weighted by molar-refractivity contribution is 7.88. The zero-order chi connectivity index (χ0) is 16.9. The van der Waals surface area contributed by atoms with Crippen LogP contribution in [0.2, 0.25) is 0 Å². The van der Waals surface area contributed by atoms with Crippen LogP contribution in [0, 0.1) is 5.92 Å². The van der Waals surface area contributed by atoms with Crippen molar-refractivity contribution in [2.24, 2.45) is 5.92 Å². The monoisotopic (exact) mass is 346 g/mol. The molecule has 1 N–H and O–H groups in total. The molecule has 0 bridgehead atoms. The molecule has 1 aliphatic heterocycles. The lowest BCUT2D eigenvalue weighted by molar-refractivity contribution is -0.126. The summed E-state index contributed by atoms with van der Waals surface area (Å²) in [5.74, 6) is 0.383. The number of piperidine rings is 1. The summed E-state index contributed by atoms with van der Waals surface area (Å²) in [5.41, 5.74) is 0. The van der Waals surface area contributed by atoms with Crippen LogP contribution >= 0.6 is 0 Å². The molecule has 2 rings (SSSR count). The van der Waals surface area contributed by atoms with Crippen molar-refractivity contribution in [1.29, 1.82) is 0 Å². The summed E-state index contributed by atoms with van der Waals surface area (Å²) in [4.78, 5) is 12.3. The number of amides is 1. The molecule has 0 unspecified atom stereocenters. The van der Waals surface area contributed by atoms with Gasteiger partial charge in [-0.25, -0.2) is 8.42 Å². The smallest absolute Gasteiger partial charge is 0.238 e. The third-order valence-corrected chi connectivity index (χ3v) is 6.24. The first kappa shape index (κ1) is 18.7. The molecule has 2 aliphatic rings. The van der Waals surface area contributed by atoms with Crippen LogP contribution in [0.5, 0.6) is 0 Å². The van der Waals surface area contributed by atoms with E-state index in [0.717, 1.165) is 19.3 Å². The highest BCUT2D eigenvalue weighted by Crippen LogP contribution is 2.26. The third-order valence-electron chi connectivity index (χ3n) is 4.95. The van der Waals surface area contributed by atoms with Crippen molar-refractivity contribution >= 4 is 15.9 Å². The zero-order valence-electron chi connectivity index (χ0n) is 14.3. The van der Waals surface area contributed by atoms with Gasteiger partial charge in [-0.2, -0.15) is 4.31 Å². The van der Waals surface area contributed by atoms with E-state index in [1.165, 1.54) is 29.8 Å². The lowest BCUT2D eigenvalue weighted by Gasteiger charge is -2.32. The van der Waals surface area contributed by atoms with E-state index in [1.54, 1.807) is 0 Å². The minimum atomic E-state index is -3.33. The maximum absolute atomic E-state index is 12.3. The summed E-state index contributed by atoms with van der Waals surface area (Å²) in [6, 6.07) is -0.563. The number of ether oxygens (including phenoxy) is 1. The van der Waals surface area contributed by atoms with Crippen LogP contribution in [0.3, 0.4) is 0 Å². The van der Waals surface area contributed by atoms with E-state index in [1.807, 2.05) is 0 Å². The van der Waals surface area contributed by atoms with E-state index < -0.39 is 16.1 Å². The molecule has 1 saturated heterocycles. The summed E-state index contributed by atoms with van der Waals surface area (Å²) < 4.78 is 30.8. The minimum Gasteiger partial charge on any atom is -0.376 e. The fourth-order valence-corrected chi connectivity index (χ4v) is 4.72. The summed E-state index contributed by atoms with van der Waals surface area (Å²) in [6.45, 7) is 3.59. The molecule has 3 atom stereocenters. The van der Waals surface area contributed by atoms with E-state index in [4.69, 9.17) is 4.74 Å². The van der Waals surface area contributed by atoms with Crippen molar-refractivity contribution in [3.63, 3.8) is 0 Å². The molecule has 6 nitrogen and oxygen atoms in total. The van der Waals surface area contributed by atoms with Crippen molar-refractivity contribution in [1.82, 2.24) is 9.62 Å². The highest BCUT2D eigenvalue weighted by atomic mass is 32.2. The molecule has 0 aromatic rings. The lowest BCUT2D eigenvalue weighted by Crippen LogP contribution is -2.52. The molecule has 0 radical (unpaired) electrons. The summed E-state index contributed by atoms with van der Waals surface area (Å²) >= 11 is 0. The van der Waals surface area contributed by atoms with Crippen LogP contribution < -0.4 is 5.32 Å². The fraction of sp³-hybridized carbons (Fsp3) is 0.938. The standard InChI is InChI=1S/C16H30N2O4S/c1-13-7-3-4-9-15(13)22-12-10-17-16(19)14-8-5-6-11-18(14)23(2,20)21/h13-15H,3-12H2,1-2H3,(H,17,19)/t13-,14+,15-/m1/s1. The Morgan fingerprint density at radius 1 is 1.17 bits per heavy atom. The highest BCUT2D eigenvalue weighted by Gasteiger charge is 2.34. The van der Waals surface area contributed by atoms with E-state index >= 15 is 0 Å². The second-order valence-corrected chi connectivity index (χ2v) is 8.78. The molecular weight excluding hydrogens is 316 g/mol. The molecule has 1 saturated carbocycles. The quantitative estimate of drug-likeness (QED) is 0.740. The molecule has 134 valence electrons. The second-order valence-electron chi connectivity index (χ2n) is 6.85. The molecule has 0 spiro atoms. The van der Waals surface area contributed by atoms with Gasteiger partial charge in [0.1, 0.15) is 6.04 Å². The summed E-state index contributed by atoms with van der Waals surface area (Å²) in [5, 5.41) is 2.84. The van der Waals surface area contributed by atoms with E-state index in [-0.39, 0.29) is 5.91 Å². The number of nitrogens with one attached hydrogen (secondary N) is 1. The Morgan fingerprint density at radius 3 is 2.57 bits per heavy atom. The van der Waals surface area contributed by atoms with Crippen LogP contribution in [0.4, 0.5) is 0 Å². The van der Waals surface area contributed by atoms with Gasteiger partial charge in [-0.05, 0) is 31.6 Å².